The summed E-state index contributed by atoms with van der Waals surface area (Å²) < 4.78 is 16.2. The van der Waals surface area contributed by atoms with Crippen molar-refractivity contribution in [3.63, 3.8) is 0 Å². The number of nitrogen functional groups attached to an aromatic ring is 1. The highest BCUT2D eigenvalue weighted by molar-refractivity contribution is 7.84. The lowest BCUT2D eigenvalue weighted by molar-refractivity contribution is 0.0527. The molecule has 0 amide bonds. The van der Waals surface area contributed by atoms with Gasteiger partial charge in [0.15, 0.2) is 0 Å². The smallest absolute Gasteiger partial charge is 0.340 e. The molecule has 1 rings (SSSR count). The van der Waals surface area contributed by atoms with E-state index in [1.165, 1.54) is 12.3 Å². The van der Waals surface area contributed by atoms with E-state index in [1.54, 1.807) is 6.92 Å². The summed E-state index contributed by atoms with van der Waals surface area (Å²) in [6.45, 7) is 4.38. The predicted molar refractivity (Wildman–Crippen MR) is 76.6 cm³/mol. The van der Waals surface area contributed by atoms with Gasteiger partial charge < -0.3 is 15.8 Å². The topological polar surface area (TPSA) is 94.3 Å². The van der Waals surface area contributed by atoms with Crippen LogP contribution in [0.5, 0.6) is 0 Å². The lowest BCUT2D eigenvalue weighted by Gasteiger charge is -2.11. The normalized spacial score (nSPS) is 11.9. The summed E-state index contributed by atoms with van der Waals surface area (Å²) in [5, 5.41) is 2.98. The monoisotopic (exact) mass is 285 g/mol. The van der Waals surface area contributed by atoms with Gasteiger partial charge in [-0.05, 0) is 13.0 Å². The maximum absolute atomic E-state index is 11.6. The van der Waals surface area contributed by atoms with Gasteiger partial charge in [0.2, 0.25) is 0 Å². The molecule has 0 aliphatic carbocycles. The summed E-state index contributed by atoms with van der Waals surface area (Å²) in [4.78, 5) is 15.7. The maximum atomic E-state index is 11.6. The van der Waals surface area contributed by atoms with Gasteiger partial charge in [0.25, 0.3) is 0 Å². The molecule has 7 heteroatoms. The fraction of sp³-hybridized carbons (Fsp3) is 0.500. The number of carbonyl (C=O) groups excluding carboxylic acids is 1. The van der Waals surface area contributed by atoms with E-state index < -0.39 is 16.8 Å². The highest BCUT2D eigenvalue weighted by atomic mass is 32.2. The highest BCUT2D eigenvalue weighted by Gasteiger charge is 2.14. The third-order valence-corrected chi connectivity index (χ3v) is 3.73. The van der Waals surface area contributed by atoms with Gasteiger partial charge in [0.05, 0.1) is 17.9 Å². The zero-order valence-electron chi connectivity index (χ0n) is 11.1. The van der Waals surface area contributed by atoms with E-state index in [9.17, 15) is 9.00 Å². The van der Waals surface area contributed by atoms with Crippen LogP contribution in [0.25, 0.3) is 0 Å². The molecule has 0 bridgehead atoms. The van der Waals surface area contributed by atoms with Crippen molar-refractivity contribution >= 4 is 28.3 Å². The minimum absolute atomic E-state index is 0.253. The van der Waals surface area contributed by atoms with Gasteiger partial charge in [-0.2, -0.15) is 0 Å². The summed E-state index contributed by atoms with van der Waals surface area (Å²) in [6.07, 6.45) is 1.49. The minimum atomic E-state index is -0.847. The average Bonchev–Trinajstić information content (AvgIpc) is 2.40. The van der Waals surface area contributed by atoms with Crippen LogP contribution >= 0.6 is 0 Å². The molecular weight excluding hydrogens is 266 g/mol. The Kier molecular flexibility index (Phi) is 6.27. The van der Waals surface area contributed by atoms with E-state index in [2.05, 4.69) is 10.3 Å². The molecule has 106 valence electrons. The number of pyridine rings is 1. The van der Waals surface area contributed by atoms with Crippen molar-refractivity contribution in [1.82, 2.24) is 4.98 Å². The lowest BCUT2D eigenvalue weighted by Crippen LogP contribution is -2.16. The SMILES string of the molecule is CCOC(=O)c1ccnc(NCCS(=O)CC)c1N. The van der Waals surface area contributed by atoms with Crippen LogP contribution < -0.4 is 11.1 Å². The van der Waals surface area contributed by atoms with E-state index in [1.807, 2.05) is 6.92 Å². The molecule has 0 fully saturated rings. The van der Waals surface area contributed by atoms with Crippen molar-refractivity contribution in [3.8, 4) is 0 Å². The quantitative estimate of drug-likeness (QED) is 0.726. The molecule has 0 aliphatic heterocycles. The molecule has 0 aliphatic rings. The molecule has 6 nitrogen and oxygen atoms in total. The molecule has 1 unspecified atom stereocenters. The molecule has 0 spiro atoms. The van der Waals surface area contributed by atoms with Crippen LogP contribution in [0.4, 0.5) is 11.5 Å². The number of hydrogen-bond donors (Lipinski definition) is 2. The van der Waals surface area contributed by atoms with Gasteiger partial charge in [-0.25, -0.2) is 9.78 Å². The van der Waals surface area contributed by atoms with Crippen LogP contribution in [0.1, 0.15) is 24.2 Å². The predicted octanol–water partition coefficient (Wildman–Crippen LogP) is 1.02. The van der Waals surface area contributed by atoms with Gasteiger partial charge in [0, 0.05) is 35.0 Å². The number of carbonyl (C=O) groups is 1. The molecule has 1 aromatic rings. The molecule has 0 aromatic carbocycles. The Morgan fingerprint density at radius 1 is 1.53 bits per heavy atom. The van der Waals surface area contributed by atoms with E-state index in [0.717, 1.165) is 0 Å². The van der Waals surface area contributed by atoms with Crippen molar-refractivity contribution in [2.75, 3.05) is 35.7 Å². The number of nitrogens with two attached hydrogens (primary N) is 1. The number of ether oxygens (including phenoxy) is 1. The van der Waals surface area contributed by atoms with Crippen molar-refractivity contribution in [2.45, 2.75) is 13.8 Å². The van der Waals surface area contributed by atoms with Crippen molar-refractivity contribution in [2.24, 2.45) is 0 Å². The van der Waals surface area contributed by atoms with Crippen LogP contribution in [0.15, 0.2) is 12.3 Å². The second kappa shape index (κ2) is 7.73. The third kappa shape index (κ3) is 4.51. The Bertz CT molecular complexity index is 466. The molecule has 0 radical (unpaired) electrons. The summed E-state index contributed by atoms with van der Waals surface area (Å²) in [5.74, 6) is 1.08. The van der Waals surface area contributed by atoms with Gasteiger partial charge in [-0.1, -0.05) is 6.92 Å². The van der Waals surface area contributed by atoms with E-state index in [-0.39, 0.29) is 11.3 Å². The number of rotatable bonds is 7. The fourth-order valence-electron chi connectivity index (χ4n) is 1.43. The third-order valence-electron chi connectivity index (χ3n) is 2.43. The van der Waals surface area contributed by atoms with Crippen LogP contribution in [0.3, 0.4) is 0 Å². The van der Waals surface area contributed by atoms with Gasteiger partial charge >= 0.3 is 5.97 Å². The molecule has 1 aromatic heterocycles. The Hall–Kier alpha value is -1.63. The first kappa shape index (κ1) is 15.4. The van der Waals surface area contributed by atoms with Crippen LogP contribution in [-0.2, 0) is 15.5 Å². The number of esters is 1. The number of aromatic nitrogens is 1. The highest BCUT2D eigenvalue weighted by Crippen LogP contribution is 2.20. The lowest BCUT2D eigenvalue weighted by atomic mass is 10.2. The van der Waals surface area contributed by atoms with Gasteiger partial charge in [-0.3, -0.25) is 4.21 Å². The van der Waals surface area contributed by atoms with Crippen molar-refractivity contribution in [1.29, 1.82) is 0 Å². The second-order valence-electron chi connectivity index (χ2n) is 3.70. The second-order valence-corrected chi connectivity index (χ2v) is 5.57. The van der Waals surface area contributed by atoms with Crippen LogP contribution in [0.2, 0.25) is 0 Å². The number of hydrogen-bond acceptors (Lipinski definition) is 6. The molecule has 19 heavy (non-hydrogen) atoms. The minimum Gasteiger partial charge on any atom is -0.462 e. The molecule has 0 saturated heterocycles. The van der Waals surface area contributed by atoms with E-state index in [4.69, 9.17) is 10.5 Å². The Labute approximate surface area is 115 Å². The maximum Gasteiger partial charge on any atom is 0.340 e. The summed E-state index contributed by atoms with van der Waals surface area (Å²) >= 11 is 0. The summed E-state index contributed by atoms with van der Waals surface area (Å²) in [6, 6.07) is 1.52. The number of anilines is 2. The first-order chi connectivity index (χ1) is 9.10. The van der Waals surface area contributed by atoms with Crippen molar-refractivity contribution in [3.05, 3.63) is 17.8 Å². The first-order valence-corrected chi connectivity index (χ1v) is 7.59. The van der Waals surface area contributed by atoms with Crippen LogP contribution in [0, 0.1) is 0 Å². The van der Waals surface area contributed by atoms with Crippen molar-refractivity contribution < 1.29 is 13.7 Å². The van der Waals surface area contributed by atoms with E-state index in [0.29, 0.717) is 30.5 Å². The number of nitrogens with one attached hydrogen (secondary N) is 1. The number of nitrogens with zero attached hydrogens (tertiary/aromatic N) is 1. The Morgan fingerprint density at radius 3 is 2.89 bits per heavy atom. The fourth-order valence-corrected chi connectivity index (χ4v) is 2.05. The van der Waals surface area contributed by atoms with E-state index >= 15 is 0 Å². The zero-order chi connectivity index (χ0) is 14.3. The van der Waals surface area contributed by atoms with Gasteiger partial charge in [-0.15, -0.1) is 0 Å². The molecule has 1 heterocycles. The summed E-state index contributed by atoms with van der Waals surface area (Å²) in [7, 11) is -0.847. The Balaban J connectivity index is 2.72. The van der Waals surface area contributed by atoms with Gasteiger partial charge in [0.1, 0.15) is 5.82 Å². The average molecular weight is 285 g/mol. The molecule has 1 atom stereocenters. The largest absolute Gasteiger partial charge is 0.462 e. The zero-order valence-corrected chi connectivity index (χ0v) is 12.0. The Morgan fingerprint density at radius 2 is 2.26 bits per heavy atom. The molecular formula is C12H19N3O3S. The summed E-state index contributed by atoms with van der Waals surface area (Å²) in [5.41, 5.74) is 6.40. The standard InChI is InChI=1S/C12H19N3O3S/c1-3-18-12(16)9-5-6-14-11(10(9)13)15-7-8-19(17)4-2/h5-6H,3-4,7-8,13H2,1-2H3,(H,14,15). The van der Waals surface area contributed by atoms with Crippen LogP contribution in [-0.4, -0.2) is 39.8 Å². The first-order valence-electron chi connectivity index (χ1n) is 6.10. The molecule has 0 saturated carbocycles. The molecule has 3 N–H and O–H groups in total.